The summed E-state index contributed by atoms with van der Waals surface area (Å²) in [6.45, 7) is 1.97. The van der Waals surface area contributed by atoms with E-state index in [1.54, 1.807) is 20.4 Å². The Morgan fingerprint density at radius 2 is 1.89 bits per heavy atom. The first-order valence-corrected chi connectivity index (χ1v) is 11.9. The average molecular weight is 506 g/mol. The average Bonchev–Trinajstić information content (AvgIpc) is 3.50. The first-order valence-electron chi connectivity index (χ1n) is 11.1. The molecule has 0 unspecified atom stereocenters. The van der Waals surface area contributed by atoms with Crippen molar-refractivity contribution >= 4 is 34.6 Å². The molecule has 1 N–H and O–H groups in total. The Balaban J connectivity index is 1.64. The van der Waals surface area contributed by atoms with Crippen LogP contribution in [0, 0.1) is 6.92 Å². The maximum atomic E-state index is 6.43. The molecule has 2 aromatic heterocycles. The smallest absolute Gasteiger partial charge is 0.174 e. The van der Waals surface area contributed by atoms with Crippen LogP contribution < -0.4 is 19.7 Å². The molecule has 0 bridgehead atoms. The molecular formula is C27H24ClN3O3S. The quantitative estimate of drug-likeness (QED) is 0.300. The summed E-state index contributed by atoms with van der Waals surface area (Å²) >= 11 is 12.2. The number of nitrogens with zero attached hydrogens (tertiary/aromatic N) is 2. The zero-order chi connectivity index (χ0) is 24.5. The summed E-state index contributed by atoms with van der Waals surface area (Å²) in [6, 6.07) is 20.7. The first kappa shape index (κ1) is 23.2. The Hall–Kier alpha value is -3.55. The van der Waals surface area contributed by atoms with Gasteiger partial charge in [0.1, 0.15) is 29.1 Å². The van der Waals surface area contributed by atoms with Gasteiger partial charge in [-0.3, -0.25) is 4.98 Å². The third-order valence-corrected chi connectivity index (χ3v) is 6.84. The van der Waals surface area contributed by atoms with Crippen molar-refractivity contribution in [2.75, 3.05) is 19.1 Å². The minimum Gasteiger partial charge on any atom is -0.497 e. The summed E-state index contributed by atoms with van der Waals surface area (Å²) in [5, 5.41) is 4.67. The van der Waals surface area contributed by atoms with Crippen LogP contribution in [0.2, 0.25) is 5.02 Å². The highest BCUT2D eigenvalue weighted by Crippen LogP contribution is 2.46. The Morgan fingerprint density at radius 3 is 2.60 bits per heavy atom. The van der Waals surface area contributed by atoms with E-state index < -0.39 is 0 Å². The maximum Gasteiger partial charge on any atom is 0.174 e. The van der Waals surface area contributed by atoms with E-state index in [1.807, 2.05) is 78.6 Å². The van der Waals surface area contributed by atoms with Gasteiger partial charge in [0.2, 0.25) is 0 Å². The zero-order valence-electron chi connectivity index (χ0n) is 19.5. The van der Waals surface area contributed by atoms with Gasteiger partial charge in [-0.1, -0.05) is 29.8 Å². The van der Waals surface area contributed by atoms with E-state index in [2.05, 4.69) is 10.3 Å². The van der Waals surface area contributed by atoms with Gasteiger partial charge < -0.3 is 24.1 Å². The Kier molecular flexibility index (Phi) is 6.36. The van der Waals surface area contributed by atoms with Gasteiger partial charge in [-0.05, 0) is 67.2 Å². The molecule has 8 heteroatoms. The molecule has 3 heterocycles. The second kappa shape index (κ2) is 9.60. The van der Waals surface area contributed by atoms with Crippen LogP contribution in [0.15, 0.2) is 77.3 Å². The van der Waals surface area contributed by atoms with Crippen LogP contribution in [0.4, 0.5) is 5.69 Å². The number of aryl methyl sites for hydroxylation is 1. The minimum absolute atomic E-state index is 0.250. The van der Waals surface area contributed by atoms with Crippen molar-refractivity contribution in [3.8, 4) is 22.8 Å². The summed E-state index contributed by atoms with van der Waals surface area (Å²) in [4.78, 5) is 6.60. The van der Waals surface area contributed by atoms with Crippen molar-refractivity contribution in [1.29, 1.82) is 0 Å². The Labute approximate surface area is 214 Å². The first-order chi connectivity index (χ1) is 17.0. The lowest BCUT2D eigenvalue weighted by atomic mass is 10.0. The van der Waals surface area contributed by atoms with E-state index in [0.717, 1.165) is 34.0 Å². The molecule has 1 saturated heterocycles. The van der Waals surface area contributed by atoms with E-state index in [9.17, 15) is 0 Å². The second-order valence-corrected chi connectivity index (χ2v) is 8.99. The number of ether oxygens (including phenoxy) is 2. The van der Waals surface area contributed by atoms with Crippen LogP contribution in [0.25, 0.3) is 11.3 Å². The van der Waals surface area contributed by atoms with Gasteiger partial charge in [0, 0.05) is 22.8 Å². The molecule has 2 aromatic carbocycles. The molecule has 4 aromatic rings. The number of methoxy groups -OCH3 is 2. The number of aromatic nitrogens is 1. The SMILES string of the molecule is COc1ccc(OC)c(N2C(=S)N[C@H](c3ccccn3)[C@H]2c2ccc(-c3ccc(C)c(Cl)c3)o2)c1. The molecule has 0 saturated carbocycles. The van der Waals surface area contributed by atoms with Crippen molar-refractivity contribution in [3.63, 3.8) is 0 Å². The number of pyridine rings is 1. The van der Waals surface area contributed by atoms with Gasteiger partial charge in [0.05, 0.1) is 31.6 Å². The van der Waals surface area contributed by atoms with E-state index in [0.29, 0.717) is 21.6 Å². The largest absolute Gasteiger partial charge is 0.497 e. The Morgan fingerprint density at radius 1 is 1.03 bits per heavy atom. The molecule has 178 valence electrons. The maximum absolute atomic E-state index is 6.43. The molecular weight excluding hydrogens is 482 g/mol. The third-order valence-electron chi connectivity index (χ3n) is 6.12. The standard InChI is InChI=1S/C27H24ClN3O3S/c1-16-7-8-17(14-19(16)28)22-11-12-24(34-22)26-25(20-6-4-5-13-29-20)30-27(35)31(26)21-15-18(32-2)9-10-23(21)33-3/h4-15,25-26H,1-3H3,(H,30,35)/t25-,26-/m1/s1. The molecule has 1 fully saturated rings. The van der Waals surface area contributed by atoms with Crippen molar-refractivity contribution in [3.05, 3.63) is 95.0 Å². The number of benzene rings is 2. The van der Waals surface area contributed by atoms with Crippen molar-refractivity contribution in [2.45, 2.75) is 19.0 Å². The van der Waals surface area contributed by atoms with Crippen LogP contribution in [0.1, 0.15) is 29.1 Å². The monoisotopic (exact) mass is 505 g/mol. The lowest BCUT2D eigenvalue weighted by molar-refractivity contribution is 0.400. The van der Waals surface area contributed by atoms with Crippen molar-refractivity contribution in [1.82, 2.24) is 10.3 Å². The van der Waals surface area contributed by atoms with E-state index in [4.69, 9.17) is 37.7 Å². The van der Waals surface area contributed by atoms with Gasteiger partial charge in [0.25, 0.3) is 0 Å². The number of halogens is 1. The van der Waals surface area contributed by atoms with Gasteiger partial charge in [0.15, 0.2) is 5.11 Å². The lowest BCUT2D eigenvalue weighted by Crippen LogP contribution is -2.29. The van der Waals surface area contributed by atoms with Crippen LogP contribution >= 0.6 is 23.8 Å². The van der Waals surface area contributed by atoms with Gasteiger partial charge >= 0.3 is 0 Å². The summed E-state index contributed by atoms with van der Waals surface area (Å²) in [5.74, 6) is 2.80. The molecule has 0 spiro atoms. The molecule has 0 aliphatic carbocycles. The number of thiocarbonyl (C=S) groups is 1. The molecule has 1 aliphatic rings. The lowest BCUT2D eigenvalue weighted by Gasteiger charge is -2.27. The van der Waals surface area contributed by atoms with Crippen molar-refractivity contribution < 1.29 is 13.9 Å². The highest BCUT2D eigenvalue weighted by atomic mass is 35.5. The van der Waals surface area contributed by atoms with E-state index >= 15 is 0 Å². The summed E-state index contributed by atoms with van der Waals surface area (Å²) < 4.78 is 17.6. The fourth-order valence-electron chi connectivity index (χ4n) is 4.30. The zero-order valence-corrected chi connectivity index (χ0v) is 21.1. The number of hydrogen-bond acceptors (Lipinski definition) is 5. The van der Waals surface area contributed by atoms with Crippen LogP contribution in [-0.2, 0) is 0 Å². The van der Waals surface area contributed by atoms with Crippen LogP contribution in [0.3, 0.4) is 0 Å². The summed E-state index contributed by atoms with van der Waals surface area (Å²) in [5.41, 5.74) is 3.53. The number of anilines is 1. The van der Waals surface area contributed by atoms with Crippen LogP contribution in [0.5, 0.6) is 11.5 Å². The predicted molar refractivity (Wildman–Crippen MR) is 141 cm³/mol. The summed E-state index contributed by atoms with van der Waals surface area (Å²) in [6.07, 6.45) is 1.77. The van der Waals surface area contributed by atoms with Gasteiger partial charge in [-0.15, -0.1) is 0 Å². The molecule has 0 radical (unpaired) electrons. The minimum atomic E-state index is -0.326. The molecule has 35 heavy (non-hydrogen) atoms. The van der Waals surface area contributed by atoms with Crippen molar-refractivity contribution in [2.24, 2.45) is 0 Å². The number of furan rings is 1. The van der Waals surface area contributed by atoms with Crippen LogP contribution in [-0.4, -0.2) is 24.3 Å². The molecule has 5 rings (SSSR count). The van der Waals surface area contributed by atoms with E-state index in [-0.39, 0.29) is 12.1 Å². The molecule has 2 atom stereocenters. The predicted octanol–water partition coefficient (Wildman–Crippen LogP) is 6.50. The number of hydrogen-bond donors (Lipinski definition) is 1. The summed E-state index contributed by atoms with van der Waals surface area (Å²) in [7, 11) is 3.26. The third kappa shape index (κ3) is 4.33. The fourth-order valence-corrected chi connectivity index (χ4v) is 4.82. The topological polar surface area (TPSA) is 59.8 Å². The van der Waals surface area contributed by atoms with Gasteiger partial charge in [-0.25, -0.2) is 0 Å². The van der Waals surface area contributed by atoms with Gasteiger partial charge in [-0.2, -0.15) is 0 Å². The normalized spacial score (nSPS) is 17.4. The second-order valence-electron chi connectivity index (χ2n) is 8.20. The highest BCUT2D eigenvalue weighted by Gasteiger charge is 2.43. The Bertz CT molecular complexity index is 1380. The molecule has 1 aliphatic heterocycles. The fraction of sp³-hybridized carbons (Fsp3) is 0.185. The highest BCUT2D eigenvalue weighted by molar-refractivity contribution is 7.80. The number of rotatable bonds is 6. The molecule has 6 nitrogen and oxygen atoms in total. The molecule has 0 amide bonds. The number of nitrogens with one attached hydrogen (secondary N) is 1. The van der Waals surface area contributed by atoms with E-state index in [1.165, 1.54) is 0 Å².